The molecule has 2 fully saturated rings. The smallest absolute Gasteiger partial charge is 0.417 e. The van der Waals surface area contributed by atoms with Crippen molar-refractivity contribution in [3.05, 3.63) is 42.2 Å². The van der Waals surface area contributed by atoms with Gasteiger partial charge in [-0.15, -0.1) is 0 Å². The zero-order valence-electron chi connectivity index (χ0n) is 20.7. The topological polar surface area (TPSA) is 170 Å². The average molecular weight is 568 g/mol. The molecule has 0 bridgehead atoms. The van der Waals surface area contributed by atoms with Gasteiger partial charge in [0.1, 0.15) is 16.6 Å². The number of nitrogens with zero attached hydrogens (tertiary/aromatic N) is 2. The minimum absolute atomic E-state index is 0.0343. The van der Waals surface area contributed by atoms with Crippen molar-refractivity contribution in [1.29, 1.82) is 5.26 Å². The van der Waals surface area contributed by atoms with Crippen molar-refractivity contribution in [2.45, 2.75) is 41.7 Å². The van der Waals surface area contributed by atoms with E-state index in [9.17, 15) is 41.5 Å². The molecule has 2 aliphatic carbocycles. The summed E-state index contributed by atoms with van der Waals surface area (Å²) >= 11 is 0. The molecule has 3 N–H and O–H groups in total. The molecular formula is C25H24F3N3O7S. The van der Waals surface area contributed by atoms with Crippen LogP contribution in [0, 0.1) is 28.1 Å². The Balaban J connectivity index is 1.79. The van der Waals surface area contributed by atoms with Crippen LogP contribution in [0.2, 0.25) is 0 Å². The number of primary amides is 1. The van der Waals surface area contributed by atoms with Gasteiger partial charge < -0.3 is 20.3 Å². The van der Waals surface area contributed by atoms with Gasteiger partial charge in [-0.05, 0) is 43.0 Å². The molecule has 1 aromatic carbocycles. The van der Waals surface area contributed by atoms with Crippen molar-refractivity contribution in [2.75, 3.05) is 14.2 Å². The number of ether oxygens (including phenoxy) is 2. The first-order chi connectivity index (χ1) is 18.2. The molecule has 1 heterocycles. The maximum absolute atomic E-state index is 14.2. The largest absolute Gasteiger partial charge is 0.495 e. The third kappa shape index (κ3) is 4.39. The van der Waals surface area contributed by atoms with Crippen LogP contribution in [0.3, 0.4) is 0 Å². The van der Waals surface area contributed by atoms with E-state index < -0.39 is 79.3 Å². The van der Waals surface area contributed by atoms with Crippen LogP contribution < -0.4 is 10.5 Å². The molecule has 2 unspecified atom stereocenters. The Morgan fingerprint density at radius 3 is 2.38 bits per heavy atom. The van der Waals surface area contributed by atoms with Gasteiger partial charge in [-0.3, -0.25) is 14.6 Å². The van der Waals surface area contributed by atoms with Gasteiger partial charge in [-0.25, -0.2) is 8.42 Å². The number of methoxy groups -OCH3 is 2. The maximum Gasteiger partial charge on any atom is 0.417 e. The lowest BCUT2D eigenvalue weighted by Gasteiger charge is -2.31. The van der Waals surface area contributed by atoms with Crippen molar-refractivity contribution >= 4 is 21.7 Å². The summed E-state index contributed by atoms with van der Waals surface area (Å²) in [5.74, 6) is -3.46. The Hall–Kier alpha value is -3.70. The normalized spacial score (nSPS) is 28.5. The van der Waals surface area contributed by atoms with E-state index in [0.29, 0.717) is 6.07 Å². The molecule has 2 saturated carbocycles. The van der Waals surface area contributed by atoms with Crippen molar-refractivity contribution in [3.63, 3.8) is 0 Å². The van der Waals surface area contributed by atoms with Gasteiger partial charge in [0.2, 0.25) is 5.91 Å². The van der Waals surface area contributed by atoms with Crippen LogP contribution in [0.25, 0.3) is 11.1 Å². The number of carboxylic acids is 1. The van der Waals surface area contributed by atoms with Gasteiger partial charge in [0.25, 0.3) is 0 Å². The molecular weight excluding hydrogens is 543 g/mol. The van der Waals surface area contributed by atoms with Crippen molar-refractivity contribution in [3.8, 4) is 22.9 Å². The molecule has 10 nitrogen and oxygen atoms in total. The lowest BCUT2D eigenvalue weighted by atomic mass is 9.75. The van der Waals surface area contributed by atoms with Gasteiger partial charge in [-0.2, -0.15) is 18.4 Å². The van der Waals surface area contributed by atoms with E-state index >= 15 is 0 Å². The minimum Gasteiger partial charge on any atom is -0.495 e. The minimum atomic E-state index is -5.08. The number of halogens is 3. The average Bonchev–Trinajstić information content (AvgIpc) is 3.52. The number of nitriles is 1. The number of carboxylic acid groups (broad SMARTS) is 1. The van der Waals surface area contributed by atoms with Crippen LogP contribution in [-0.4, -0.2) is 56.0 Å². The molecule has 5 atom stereocenters. The first-order valence-corrected chi connectivity index (χ1v) is 13.2. The number of pyridine rings is 1. The summed E-state index contributed by atoms with van der Waals surface area (Å²) in [6, 6.07) is 5.89. The molecule has 1 amide bonds. The first kappa shape index (κ1) is 28.3. The predicted molar refractivity (Wildman–Crippen MR) is 128 cm³/mol. The SMILES string of the molecule is COc1cncc(-c2ccc(S(=O)(=O)[C@H]3C[C@@H](OC)[C@](C(=O)O)(C4CC4(C#N)C(N)=O)C3)c(C(F)(F)F)c2)c1. The number of hydrogen-bond donors (Lipinski definition) is 2. The van der Waals surface area contributed by atoms with Gasteiger partial charge in [0, 0.05) is 24.8 Å². The number of amides is 1. The van der Waals surface area contributed by atoms with Crippen LogP contribution in [0.15, 0.2) is 41.6 Å². The maximum atomic E-state index is 14.2. The van der Waals surface area contributed by atoms with Crippen LogP contribution in [0.1, 0.15) is 24.8 Å². The van der Waals surface area contributed by atoms with E-state index in [0.717, 1.165) is 13.2 Å². The van der Waals surface area contributed by atoms with Crippen LogP contribution in [-0.2, 0) is 30.3 Å². The number of benzene rings is 1. The van der Waals surface area contributed by atoms with Crippen molar-refractivity contribution in [2.24, 2.45) is 22.5 Å². The predicted octanol–water partition coefficient (Wildman–Crippen LogP) is 2.81. The molecule has 14 heteroatoms. The standard InChI is InChI=1S/C25H24F3N3O7S/c1-37-15-5-14(10-31-11-15)13-3-4-18(17(6-13)25(26,27)28)39(35,36)16-7-20(38-2)24(8-16,22(33)34)19-9-23(19,12-29)21(30)32/h3-6,10-11,16,19-20H,7-9H2,1-2H3,(H2,30,32)(H,33,34)/t16-,19?,20+,23?,24+/m0/s1. The highest BCUT2D eigenvalue weighted by Gasteiger charge is 2.75. The van der Waals surface area contributed by atoms with E-state index in [4.69, 9.17) is 15.2 Å². The molecule has 2 aliphatic rings. The number of sulfone groups is 1. The Bertz CT molecular complexity index is 1490. The summed E-state index contributed by atoms with van der Waals surface area (Å²) in [7, 11) is -2.29. The number of aliphatic carboxylic acids is 1. The number of hydrogen-bond acceptors (Lipinski definition) is 8. The van der Waals surface area contributed by atoms with Crippen molar-refractivity contribution in [1.82, 2.24) is 4.98 Å². The number of alkyl halides is 3. The Morgan fingerprint density at radius 2 is 1.87 bits per heavy atom. The van der Waals surface area contributed by atoms with E-state index in [1.807, 2.05) is 0 Å². The Labute approximate surface area is 221 Å². The summed E-state index contributed by atoms with van der Waals surface area (Å²) in [6.07, 6.45) is -5.08. The van der Waals surface area contributed by atoms with Gasteiger partial charge in [-0.1, -0.05) is 6.07 Å². The second-order valence-electron chi connectivity index (χ2n) is 9.70. The van der Waals surface area contributed by atoms with E-state index in [1.165, 1.54) is 31.6 Å². The number of nitrogens with two attached hydrogens (primary N) is 1. The highest BCUT2D eigenvalue weighted by molar-refractivity contribution is 7.92. The summed E-state index contributed by atoms with van der Waals surface area (Å²) in [6.45, 7) is 0. The highest BCUT2D eigenvalue weighted by Crippen LogP contribution is 2.66. The van der Waals surface area contributed by atoms with Gasteiger partial charge in [0.05, 0.1) is 41.2 Å². The highest BCUT2D eigenvalue weighted by atomic mass is 32.2. The lowest BCUT2D eigenvalue weighted by Crippen LogP contribution is -2.44. The summed E-state index contributed by atoms with van der Waals surface area (Å²) in [5, 5.41) is 18.1. The van der Waals surface area contributed by atoms with E-state index in [-0.39, 0.29) is 23.3 Å². The quantitative estimate of drug-likeness (QED) is 0.487. The first-order valence-electron chi connectivity index (χ1n) is 11.6. The zero-order valence-corrected chi connectivity index (χ0v) is 21.5. The second-order valence-corrected chi connectivity index (χ2v) is 11.9. The molecule has 1 aromatic heterocycles. The van der Waals surface area contributed by atoms with E-state index in [1.54, 1.807) is 6.07 Å². The van der Waals surface area contributed by atoms with Crippen LogP contribution in [0.4, 0.5) is 13.2 Å². The van der Waals surface area contributed by atoms with Gasteiger partial charge in [0.15, 0.2) is 9.84 Å². The number of carbonyl (C=O) groups is 2. The second kappa shape index (κ2) is 9.49. The molecule has 208 valence electrons. The Morgan fingerprint density at radius 1 is 1.18 bits per heavy atom. The van der Waals surface area contributed by atoms with Gasteiger partial charge >= 0.3 is 12.1 Å². The Kier molecular flexibility index (Phi) is 6.89. The molecule has 39 heavy (non-hydrogen) atoms. The molecule has 2 aromatic rings. The zero-order chi connectivity index (χ0) is 29.0. The fourth-order valence-electron chi connectivity index (χ4n) is 5.71. The number of rotatable bonds is 8. The molecule has 0 spiro atoms. The molecule has 0 aliphatic heterocycles. The van der Waals surface area contributed by atoms with Crippen molar-refractivity contribution < 1.29 is 45.8 Å². The number of carbonyl (C=O) groups excluding carboxylic acids is 1. The fourth-order valence-corrected chi connectivity index (χ4v) is 7.73. The third-order valence-electron chi connectivity index (χ3n) is 7.83. The summed E-state index contributed by atoms with van der Waals surface area (Å²) < 4.78 is 80.3. The number of aromatic nitrogens is 1. The molecule has 4 rings (SSSR count). The monoisotopic (exact) mass is 567 g/mol. The molecule has 0 radical (unpaired) electrons. The third-order valence-corrected chi connectivity index (χ3v) is 10.0. The lowest BCUT2D eigenvalue weighted by molar-refractivity contribution is -0.159. The molecule has 0 saturated heterocycles. The van der Waals surface area contributed by atoms with Crippen LogP contribution in [0.5, 0.6) is 5.75 Å². The van der Waals surface area contributed by atoms with E-state index in [2.05, 4.69) is 4.98 Å². The summed E-state index contributed by atoms with van der Waals surface area (Å²) in [5.41, 5.74) is 0.349. The summed E-state index contributed by atoms with van der Waals surface area (Å²) in [4.78, 5) is 27.4. The van der Waals surface area contributed by atoms with Crippen LogP contribution >= 0.6 is 0 Å². The fraction of sp³-hybridized carbons (Fsp3) is 0.440.